The van der Waals surface area contributed by atoms with Crippen LogP contribution in [0.15, 0.2) is 53.5 Å². The number of methoxy groups -OCH3 is 2. The van der Waals surface area contributed by atoms with Gasteiger partial charge in [0.05, 0.1) is 25.6 Å². The monoisotopic (exact) mass is 343 g/mol. The fourth-order valence-corrected chi connectivity index (χ4v) is 2.02. The zero-order valence-electron chi connectivity index (χ0n) is 13.3. The van der Waals surface area contributed by atoms with Crippen molar-refractivity contribution in [2.45, 2.75) is 0 Å². The van der Waals surface area contributed by atoms with Crippen LogP contribution in [0.1, 0.15) is 5.56 Å². The molecule has 0 bridgehead atoms. The van der Waals surface area contributed by atoms with Crippen LogP contribution in [0.25, 0.3) is 0 Å². The number of nitrogens with one attached hydrogen (secondary N) is 2. The van der Waals surface area contributed by atoms with Crippen LogP contribution in [0.4, 0.5) is 16.2 Å². The van der Waals surface area contributed by atoms with Gasteiger partial charge in [-0.15, -0.1) is 0 Å². The SMILES string of the molecule is COC(=O)NC(=S)Nc1ccccc1/N=C/c1ccc(OC)cc1. The number of anilines is 1. The molecule has 0 aliphatic carbocycles. The van der Waals surface area contributed by atoms with Gasteiger partial charge in [0, 0.05) is 6.21 Å². The van der Waals surface area contributed by atoms with Gasteiger partial charge in [-0.25, -0.2) is 4.79 Å². The Morgan fingerprint density at radius 3 is 2.50 bits per heavy atom. The smallest absolute Gasteiger partial charge is 0.413 e. The number of benzene rings is 2. The fourth-order valence-electron chi connectivity index (χ4n) is 1.82. The first-order chi connectivity index (χ1) is 11.6. The Morgan fingerprint density at radius 1 is 1.12 bits per heavy atom. The Morgan fingerprint density at radius 2 is 1.83 bits per heavy atom. The molecule has 0 saturated carbocycles. The second-order valence-corrected chi connectivity index (χ2v) is 5.03. The largest absolute Gasteiger partial charge is 0.497 e. The van der Waals surface area contributed by atoms with Crippen LogP contribution >= 0.6 is 12.2 Å². The van der Waals surface area contributed by atoms with Crippen LogP contribution in [0.3, 0.4) is 0 Å². The van der Waals surface area contributed by atoms with Crippen molar-refractivity contribution in [3.63, 3.8) is 0 Å². The molecule has 24 heavy (non-hydrogen) atoms. The van der Waals surface area contributed by atoms with Crippen molar-refractivity contribution >= 4 is 41.0 Å². The number of nitrogens with zero attached hydrogens (tertiary/aromatic N) is 1. The van der Waals surface area contributed by atoms with Gasteiger partial charge < -0.3 is 14.8 Å². The van der Waals surface area contributed by atoms with Gasteiger partial charge in [0.2, 0.25) is 0 Å². The molecule has 6 nitrogen and oxygen atoms in total. The van der Waals surface area contributed by atoms with Gasteiger partial charge in [-0.2, -0.15) is 0 Å². The Kier molecular flexibility index (Phi) is 6.27. The molecule has 0 aromatic heterocycles. The normalized spacial score (nSPS) is 10.2. The molecule has 0 fully saturated rings. The van der Waals surface area contributed by atoms with Gasteiger partial charge in [0.1, 0.15) is 5.75 Å². The first-order valence-electron chi connectivity index (χ1n) is 7.05. The average Bonchev–Trinajstić information content (AvgIpc) is 2.61. The molecule has 2 rings (SSSR count). The lowest BCUT2D eigenvalue weighted by atomic mass is 10.2. The number of amides is 1. The van der Waals surface area contributed by atoms with Crippen molar-refractivity contribution in [2.24, 2.45) is 4.99 Å². The van der Waals surface area contributed by atoms with Crippen molar-refractivity contribution in [1.82, 2.24) is 5.32 Å². The van der Waals surface area contributed by atoms with Crippen molar-refractivity contribution in [3.05, 3.63) is 54.1 Å². The lowest BCUT2D eigenvalue weighted by Gasteiger charge is -2.10. The topological polar surface area (TPSA) is 72.0 Å². The Bertz CT molecular complexity index is 745. The minimum Gasteiger partial charge on any atom is -0.497 e. The van der Waals surface area contributed by atoms with Gasteiger partial charge in [0.25, 0.3) is 0 Å². The van der Waals surface area contributed by atoms with E-state index in [2.05, 4.69) is 20.4 Å². The minimum atomic E-state index is -0.633. The molecule has 2 aromatic carbocycles. The van der Waals surface area contributed by atoms with Crippen LogP contribution in [0.5, 0.6) is 5.75 Å². The molecule has 2 aromatic rings. The standard InChI is InChI=1S/C17H17N3O3S/c1-22-13-9-7-12(8-10-13)11-18-14-5-3-4-6-15(14)19-16(24)20-17(21)23-2/h3-11H,1-2H3,(H2,19,20,21,24)/b18-11+. The summed E-state index contributed by atoms with van der Waals surface area (Å²) >= 11 is 5.05. The van der Waals surface area contributed by atoms with E-state index < -0.39 is 6.09 Å². The summed E-state index contributed by atoms with van der Waals surface area (Å²) in [5.41, 5.74) is 2.28. The number of hydrogen-bond acceptors (Lipinski definition) is 5. The summed E-state index contributed by atoms with van der Waals surface area (Å²) < 4.78 is 9.62. The number of alkyl carbamates (subject to hydrolysis) is 1. The zero-order valence-corrected chi connectivity index (χ0v) is 14.1. The Balaban J connectivity index is 2.11. The molecule has 0 heterocycles. The first kappa shape index (κ1) is 17.4. The second-order valence-electron chi connectivity index (χ2n) is 4.62. The maximum absolute atomic E-state index is 11.2. The molecule has 0 atom stereocenters. The third kappa shape index (κ3) is 5.06. The Hall–Kier alpha value is -2.93. The highest BCUT2D eigenvalue weighted by Gasteiger charge is 2.06. The average molecular weight is 343 g/mol. The zero-order chi connectivity index (χ0) is 17.4. The van der Waals surface area contributed by atoms with E-state index in [1.807, 2.05) is 48.5 Å². The molecular weight excluding hydrogens is 326 g/mol. The number of aliphatic imine (C=N–C) groups is 1. The van der Waals surface area contributed by atoms with E-state index in [0.717, 1.165) is 11.3 Å². The lowest BCUT2D eigenvalue weighted by molar-refractivity contribution is 0.177. The van der Waals surface area contributed by atoms with E-state index in [0.29, 0.717) is 11.4 Å². The Labute approximate surface area is 145 Å². The summed E-state index contributed by atoms with van der Waals surface area (Å²) in [7, 11) is 2.89. The van der Waals surface area contributed by atoms with E-state index in [4.69, 9.17) is 17.0 Å². The fraction of sp³-hybridized carbons (Fsp3) is 0.118. The molecule has 0 spiro atoms. The summed E-state index contributed by atoms with van der Waals surface area (Å²) in [6, 6.07) is 14.9. The molecule has 0 unspecified atom stereocenters. The van der Waals surface area contributed by atoms with Gasteiger partial charge in [-0.1, -0.05) is 12.1 Å². The van der Waals surface area contributed by atoms with E-state index in [1.165, 1.54) is 7.11 Å². The molecule has 1 amide bonds. The first-order valence-corrected chi connectivity index (χ1v) is 7.46. The summed E-state index contributed by atoms with van der Waals surface area (Å²) in [6.07, 6.45) is 1.10. The number of carbonyl (C=O) groups is 1. The molecule has 0 aliphatic heterocycles. The van der Waals surface area contributed by atoms with Crippen LogP contribution < -0.4 is 15.4 Å². The van der Waals surface area contributed by atoms with Gasteiger partial charge in [0.15, 0.2) is 5.11 Å². The maximum atomic E-state index is 11.2. The summed E-state index contributed by atoms with van der Waals surface area (Å²) in [4.78, 5) is 15.6. The number of thiocarbonyl (C=S) groups is 1. The second kappa shape index (κ2) is 8.64. The summed E-state index contributed by atoms with van der Waals surface area (Å²) in [5, 5.41) is 5.43. The predicted molar refractivity (Wildman–Crippen MR) is 98.5 cm³/mol. The van der Waals surface area contributed by atoms with Crippen molar-refractivity contribution < 1.29 is 14.3 Å². The van der Waals surface area contributed by atoms with E-state index >= 15 is 0 Å². The van der Waals surface area contributed by atoms with Crippen molar-refractivity contribution in [3.8, 4) is 5.75 Å². The molecule has 2 N–H and O–H groups in total. The summed E-state index contributed by atoms with van der Waals surface area (Å²) in [6.45, 7) is 0. The number of rotatable bonds is 4. The highest BCUT2D eigenvalue weighted by Crippen LogP contribution is 2.24. The number of carbonyl (C=O) groups excluding carboxylic acids is 1. The summed E-state index contributed by atoms with van der Waals surface area (Å²) in [5.74, 6) is 0.786. The molecule has 7 heteroatoms. The van der Waals surface area contributed by atoms with Gasteiger partial charge in [-0.05, 0) is 54.2 Å². The quantitative estimate of drug-likeness (QED) is 0.657. The van der Waals surface area contributed by atoms with Crippen molar-refractivity contribution in [1.29, 1.82) is 0 Å². The highest BCUT2D eigenvalue weighted by atomic mass is 32.1. The van der Waals surface area contributed by atoms with Crippen molar-refractivity contribution in [2.75, 3.05) is 19.5 Å². The minimum absolute atomic E-state index is 0.133. The van der Waals surface area contributed by atoms with Crippen LogP contribution in [0.2, 0.25) is 0 Å². The molecule has 0 radical (unpaired) electrons. The van der Waals surface area contributed by atoms with Crippen LogP contribution in [-0.4, -0.2) is 31.6 Å². The molecular formula is C17H17N3O3S. The van der Waals surface area contributed by atoms with Gasteiger partial charge >= 0.3 is 6.09 Å². The molecule has 0 aliphatic rings. The van der Waals surface area contributed by atoms with Gasteiger partial charge in [-0.3, -0.25) is 10.3 Å². The van der Waals surface area contributed by atoms with E-state index in [9.17, 15) is 4.79 Å². The third-order valence-corrected chi connectivity index (χ3v) is 3.23. The molecule has 0 saturated heterocycles. The number of ether oxygens (including phenoxy) is 2. The van der Waals surface area contributed by atoms with Crippen LogP contribution in [-0.2, 0) is 4.74 Å². The lowest BCUT2D eigenvalue weighted by Crippen LogP contribution is -2.33. The van der Waals surface area contributed by atoms with E-state index in [-0.39, 0.29) is 5.11 Å². The highest BCUT2D eigenvalue weighted by molar-refractivity contribution is 7.80. The predicted octanol–water partition coefficient (Wildman–Crippen LogP) is 3.50. The third-order valence-electron chi connectivity index (χ3n) is 3.02. The van der Waals surface area contributed by atoms with Crippen LogP contribution in [0, 0.1) is 0 Å². The van der Waals surface area contributed by atoms with E-state index in [1.54, 1.807) is 13.3 Å². The number of hydrogen-bond donors (Lipinski definition) is 2. The maximum Gasteiger partial charge on any atom is 0.413 e. The number of para-hydroxylation sites is 2. The molecule has 124 valence electrons.